The van der Waals surface area contributed by atoms with Gasteiger partial charge in [-0.2, -0.15) is 0 Å². The molecule has 1 saturated carbocycles. The van der Waals surface area contributed by atoms with Crippen LogP contribution in [-0.2, 0) is 9.59 Å². The van der Waals surface area contributed by atoms with E-state index < -0.39 is 17.7 Å². The number of carbonyl (C=O) groups excluding carboxylic acids is 3. The maximum absolute atomic E-state index is 12.9. The average Bonchev–Trinajstić information content (AvgIpc) is 3.21. The molecule has 0 bridgehead atoms. The molecule has 3 rings (SSSR count). The maximum atomic E-state index is 12.9. The number of pyridine rings is 1. The molecule has 152 valence electrons. The van der Waals surface area contributed by atoms with E-state index >= 15 is 0 Å². The maximum Gasteiger partial charge on any atom is 0.313 e. The summed E-state index contributed by atoms with van der Waals surface area (Å²) < 4.78 is 4.99. The van der Waals surface area contributed by atoms with Crippen molar-refractivity contribution in [3.8, 4) is 5.88 Å². The van der Waals surface area contributed by atoms with Crippen molar-refractivity contribution in [3.05, 3.63) is 17.8 Å². The number of likely N-dealkylation sites (tertiary alicyclic amines) is 1. The third kappa shape index (κ3) is 4.26. The lowest BCUT2D eigenvalue weighted by Crippen LogP contribution is -2.52. The van der Waals surface area contributed by atoms with Gasteiger partial charge in [-0.05, 0) is 43.6 Å². The van der Waals surface area contributed by atoms with Crippen molar-refractivity contribution in [2.24, 2.45) is 17.6 Å². The van der Waals surface area contributed by atoms with E-state index in [-0.39, 0.29) is 23.2 Å². The first kappa shape index (κ1) is 20.1. The second-order valence-corrected chi connectivity index (χ2v) is 7.85. The van der Waals surface area contributed by atoms with Gasteiger partial charge in [-0.1, -0.05) is 19.8 Å². The van der Waals surface area contributed by atoms with Crippen molar-refractivity contribution in [1.82, 2.24) is 9.88 Å². The Balaban J connectivity index is 1.74. The fourth-order valence-corrected chi connectivity index (χ4v) is 4.41. The first-order valence-electron chi connectivity index (χ1n) is 9.86. The molecule has 28 heavy (non-hydrogen) atoms. The van der Waals surface area contributed by atoms with E-state index in [1.165, 1.54) is 32.2 Å². The zero-order valence-corrected chi connectivity index (χ0v) is 16.4. The SMILES string of the molecule is COc1ncc(NC(=O)C(=O)N2C[C@H](C)CC[C@@H]2C2CCCC2)cc1C(N)=O. The number of anilines is 1. The Morgan fingerprint density at radius 1 is 1.21 bits per heavy atom. The van der Waals surface area contributed by atoms with Crippen LogP contribution in [0, 0.1) is 11.8 Å². The molecule has 2 atom stereocenters. The van der Waals surface area contributed by atoms with E-state index in [0.29, 0.717) is 18.4 Å². The summed E-state index contributed by atoms with van der Waals surface area (Å²) in [4.78, 5) is 42.8. The Hall–Kier alpha value is -2.64. The quantitative estimate of drug-likeness (QED) is 0.765. The highest BCUT2D eigenvalue weighted by molar-refractivity contribution is 6.39. The van der Waals surface area contributed by atoms with E-state index in [1.807, 2.05) is 0 Å². The fourth-order valence-electron chi connectivity index (χ4n) is 4.41. The van der Waals surface area contributed by atoms with Crippen LogP contribution in [0.5, 0.6) is 5.88 Å². The topological polar surface area (TPSA) is 115 Å². The Kier molecular flexibility index (Phi) is 6.16. The van der Waals surface area contributed by atoms with Crippen LogP contribution in [0.1, 0.15) is 55.8 Å². The number of amides is 3. The van der Waals surface area contributed by atoms with Crippen LogP contribution < -0.4 is 15.8 Å². The lowest BCUT2D eigenvalue weighted by molar-refractivity contribution is -0.147. The van der Waals surface area contributed by atoms with Crippen LogP contribution in [0.4, 0.5) is 5.69 Å². The molecule has 8 heteroatoms. The molecule has 8 nitrogen and oxygen atoms in total. The molecule has 1 aromatic heterocycles. The summed E-state index contributed by atoms with van der Waals surface area (Å²) >= 11 is 0. The summed E-state index contributed by atoms with van der Waals surface area (Å²) in [6, 6.07) is 1.50. The summed E-state index contributed by atoms with van der Waals surface area (Å²) in [7, 11) is 1.37. The molecule has 0 spiro atoms. The number of hydrogen-bond donors (Lipinski definition) is 2. The highest BCUT2D eigenvalue weighted by Crippen LogP contribution is 2.36. The average molecular weight is 388 g/mol. The minimum atomic E-state index is -0.724. The van der Waals surface area contributed by atoms with Gasteiger partial charge in [0.05, 0.1) is 19.0 Å². The second-order valence-electron chi connectivity index (χ2n) is 7.85. The van der Waals surface area contributed by atoms with Crippen LogP contribution in [0.25, 0.3) is 0 Å². The van der Waals surface area contributed by atoms with Gasteiger partial charge in [-0.25, -0.2) is 4.98 Å². The predicted octanol–water partition coefficient (Wildman–Crippen LogP) is 1.94. The largest absolute Gasteiger partial charge is 0.480 e. The van der Waals surface area contributed by atoms with Crippen molar-refractivity contribution < 1.29 is 19.1 Å². The number of rotatable bonds is 4. The summed E-state index contributed by atoms with van der Waals surface area (Å²) in [5, 5.41) is 2.56. The Bertz CT molecular complexity index is 761. The van der Waals surface area contributed by atoms with Crippen LogP contribution >= 0.6 is 0 Å². The number of primary amides is 1. The number of nitrogens with one attached hydrogen (secondary N) is 1. The van der Waals surface area contributed by atoms with Gasteiger partial charge in [0.2, 0.25) is 5.88 Å². The molecule has 3 amide bonds. The number of carbonyl (C=O) groups is 3. The fraction of sp³-hybridized carbons (Fsp3) is 0.600. The number of ether oxygens (including phenoxy) is 1. The van der Waals surface area contributed by atoms with Crippen LogP contribution in [0.15, 0.2) is 12.3 Å². The van der Waals surface area contributed by atoms with Crippen molar-refractivity contribution in [1.29, 1.82) is 0 Å². The van der Waals surface area contributed by atoms with Gasteiger partial charge < -0.3 is 20.7 Å². The van der Waals surface area contributed by atoms with E-state index in [1.54, 1.807) is 4.90 Å². The zero-order valence-electron chi connectivity index (χ0n) is 16.4. The molecule has 1 aliphatic carbocycles. The van der Waals surface area contributed by atoms with Gasteiger partial charge in [0.15, 0.2) is 0 Å². The van der Waals surface area contributed by atoms with Crippen molar-refractivity contribution in [3.63, 3.8) is 0 Å². The highest BCUT2D eigenvalue weighted by atomic mass is 16.5. The number of nitrogens with two attached hydrogens (primary N) is 1. The third-order valence-corrected chi connectivity index (χ3v) is 5.83. The Morgan fingerprint density at radius 2 is 1.93 bits per heavy atom. The summed E-state index contributed by atoms with van der Waals surface area (Å²) in [6.45, 7) is 2.70. The van der Waals surface area contributed by atoms with Gasteiger partial charge in [0.1, 0.15) is 5.56 Å². The van der Waals surface area contributed by atoms with Gasteiger partial charge >= 0.3 is 11.8 Å². The van der Waals surface area contributed by atoms with Crippen LogP contribution in [0.2, 0.25) is 0 Å². The molecule has 1 saturated heterocycles. The molecule has 0 aromatic carbocycles. The molecular weight excluding hydrogens is 360 g/mol. The lowest BCUT2D eigenvalue weighted by Gasteiger charge is -2.41. The van der Waals surface area contributed by atoms with Gasteiger partial charge in [0.25, 0.3) is 5.91 Å². The molecule has 1 aliphatic heterocycles. The van der Waals surface area contributed by atoms with Crippen molar-refractivity contribution in [2.45, 2.75) is 51.5 Å². The monoisotopic (exact) mass is 388 g/mol. The summed E-state index contributed by atoms with van der Waals surface area (Å²) in [5.41, 5.74) is 5.60. The van der Waals surface area contributed by atoms with Crippen LogP contribution in [0.3, 0.4) is 0 Å². The van der Waals surface area contributed by atoms with Crippen molar-refractivity contribution >= 4 is 23.4 Å². The molecule has 2 fully saturated rings. The molecule has 2 heterocycles. The third-order valence-electron chi connectivity index (χ3n) is 5.83. The molecule has 0 unspecified atom stereocenters. The van der Waals surface area contributed by atoms with Crippen LogP contribution in [-0.4, -0.2) is 47.3 Å². The molecule has 0 radical (unpaired) electrons. The van der Waals surface area contributed by atoms with Gasteiger partial charge in [-0.3, -0.25) is 14.4 Å². The first-order chi connectivity index (χ1) is 13.4. The first-order valence-corrected chi connectivity index (χ1v) is 9.86. The molecule has 3 N–H and O–H groups in total. The van der Waals surface area contributed by atoms with Gasteiger partial charge in [-0.15, -0.1) is 0 Å². The molecular formula is C20H28N4O4. The highest BCUT2D eigenvalue weighted by Gasteiger charge is 2.38. The molecule has 1 aromatic rings. The Morgan fingerprint density at radius 3 is 2.57 bits per heavy atom. The van der Waals surface area contributed by atoms with E-state index in [4.69, 9.17) is 10.5 Å². The van der Waals surface area contributed by atoms with E-state index in [2.05, 4.69) is 17.2 Å². The normalized spacial score (nSPS) is 22.7. The number of methoxy groups -OCH3 is 1. The summed E-state index contributed by atoms with van der Waals surface area (Å²) in [6.07, 6.45) is 7.99. The summed E-state index contributed by atoms with van der Waals surface area (Å²) in [5.74, 6) is -1.05. The number of hydrogen-bond acceptors (Lipinski definition) is 5. The second kappa shape index (κ2) is 8.58. The smallest absolute Gasteiger partial charge is 0.313 e. The van der Waals surface area contributed by atoms with E-state index in [9.17, 15) is 14.4 Å². The van der Waals surface area contributed by atoms with Gasteiger partial charge in [0, 0.05) is 12.6 Å². The number of nitrogens with zero attached hydrogens (tertiary/aromatic N) is 2. The van der Waals surface area contributed by atoms with Crippen molar-refractivity contribution in [2.75, 3.05) is 19.0 Å². The number of aromatic nitrogens is 1. The lowest BCUT2D eigenvalue weighted by atomic mass is 9.85. The predicted molar refractivity (Wildman–Crippen MR) is 104 cm³/mol. The standard InChI is InChI=1S/C20H28N4O4/c1-12-7-8-16(13-5-3-4-6-13)24(11-12)20(27)18(26)23-14-9-15(17(21)25)19(28-2)22-10-14/h9-10,12-13,16H,3-8,11H2,1-2H3,(H2,21,25)(H,23,26)/t12-,16-/m1/s1. The molecule has 2 aliphatic rings. The van der Waals surface area contributed by atoms with E-state index in [0.717, 1.165) is 25.7 Å². The minimum absolute atomic E-state index is 0.0446. The zero-order chi connectivity index (χ0) is 20.3. The minimum Gasteiger partial charge on any atom is -0.480 e. The Labute approximate surface area is 164 Å². The number of piperidine rings is 1.